The molecule has 1 N–H and O–H groups in total. The van der Waals surface area contributed by atoms with Gasteiger partial charge >= 0.3 is 0 Å². The number of pyridine rings is 1. The molecule has 156 valence electrons. The number of rotatable bonds is 6. The van der Waals surface area contributed by atoms with Crippen LogP contribution in [0.25, 0.3) is 11.0 Å². The summed E-state index contributed by atoms with van der Waals surface area (Å²) in [6.07, 6.45) is 2.25. The summed E-state index contributed by atoms with van der Waals surface area (Å²) < 4.78 is 7.59. The number of nitrogens with one attached hydrogen (secondary N) is 1. The Morgan fingerprint density at radius 1 is 1.13 bits per heavy atom. The van der Waals surface area contributed by atoms with Crippen LogP contribution in [0.15, 0.2) is 60.7 Å². The number of carbonyl (C=O) groups excluding carboxylic acids is 1. The zero-order valence-electron chi connectivity index (χ0n) is 17.6. The number of hydrogen-bond donors (Lipinski definition) is 1. The first-order chi connectivity index (χ1) is 15.1. The van der Waals surface area contributed by atoms with Gasteiger partial charge < -0.3 is 10.1 Å². The summed E-state index contributed by atoms with van der Waals surface area (Å²) in [7, 11) is 1.87. The first kappa shape index (κ1) is 19.3. The summed E-state index contributed by atoms with van der Waals surface area (Å²) in [5.74, 6) is 1.06. The molecule has 4 aromatic rings. The van der Waals surface area contributed by atoms with Gasteiger partial charge in [0, 0.05) is 24.3 Å². The first-order valence-electron chi connectivity index (χ1n) is 10.5. The summed E-state index contributed by atoms with van der Waals surface area (Å²) in [6.45, 7) is 2.42. The van der Waals surface area contributed by atoms with E-state index in [-0.39, 0.29) is 5.91 Å². The van der Waals surface area contributed by atoms with Crippen molar-refractivity contribution in [3.63, 3.8) is 0 Å². The van der Waals surface area contributed by atoms with Gasteiger partial charge in [-0.05, 0) is 55.7 Å². The Hall–Kier alpha value is -3.67. The van der Waals surface area contributed by atoms with Gasteiger partial charge in [0.25, 0.3) is 5.91 Å². The fourth-order valence-electron chi connectivity index (χ4n) is 3.81. The molecule has 1 amide bonds. The average Bonchev–Trinajstić information content (AvgIpc) is 3.59. The highest BCUT2D eigenvalue weighted by molar-refractivity contribution is 6.12. The molecule has 1 saturated carbocycles. The van der Waals surface area contributed by atoms with Crippen LogP contribution in [0, 0.1) is 6.92 Å². The zero-order chi connectivity index (χ0) is 21.4. The highest BCUT2D eigenvalue weighted by atomic mass is 16.5. The lowest BCUT2D eigenvalue weighted by Crippen LogP contribution is -2.13. The second-order valence-corrected chi connectivity index (χ2v) is 8.03. The maximum absolute atomic E-state index is 13.2. The van der Waals surface area contributed by atoms with E-state index in [1.54, 1.807) is 4.68 Å². The molecule has 5 rings (SSSR count). The normalized spacial score (nSPS) is 13.4. The van der Waals surface area contributed by atoms with Gasteiger partial charge in [-0.25, -0.2) is 4.98 Å². The molecule has 6 heteroatoms. The van der Waals surface area contributed by atoms with E-state index in [1.165, 1.54) is 0 Å². The lowest BCUT2D eigenvalue weighted by molar-refractivity contribution is 0.102. The van der Waals surface area contributed by atoms with Crippen LogP contribution in [0.4, 0.5) is 5.69 Å². The van der Waals surface area contributed by atoms with E-state index >= 15 is 0 Å². The van der Waals surface area contributed by atoms with Gasteiger partial charge in [-0.2, -0.15) is 5.10 Å². The number of ether oxygens (including phenoxy) is 1. The summed E-state index contributed by atoms with van der Waals surface area (Å²) in [5, 5.41) is 8.30. The molecule has 0 aliphatic heterocycles. The quantitative estimate of drug-likeness (QED) is 0.485. The molecule has 1 fully saturated rings. The molecule has 2 heterocycles. The smallest absolute Gasteiger partial charge is 0.256 e. The summed E-state index contributed by atoms with van der Waals surface area (Å²) in [5.41, 5.74) is 5.00. The summed E-state index contributed by atoms with van der Waals surface area (Å²) in [4.78, 5) is 17.9. The van der Waals surface area contributed by atoms with Gasteiger partial charge in [0.2, 0.25) is 0 Å². The van der Waals surface area contributed by atoms with Crippen LogP contribution < -0.4 is 10.1 Å². The van der Waals surface area contributed by atoms with Crippen LogP contribution in [-0.2, 0) is 13.7 Å². The molecule has 2 aromatic carbocycles. The van der Waals surface area contributed by atoms with Gasteiger partial charge in [-0.1, -0.05) is 30.3 Å². The number of amides is 1. The number of aryl methyl sites for hydroxylation is 2. The Kier molecular flexibility index (Phi) is 4.90. The van der Waals surface area contributed by atoms with Crippen LogP contribution in [0.1, 0.15) is 46.1 Å². The molecule has 1 aliphatic rings. The zero-order valence-corrected chi connectivity index (χ0v) is 17.6. The third kappa shape index (κ3) is 4.01. The van der Waals surface area contributed by atoms with Crippen molar-refractivity contribution in [3.05, 3.63) is 83.2 Å². The maximum atomic E-state index is 13.2. The molecular formula is C25H24N4O2. The Bertz CT molecular complexity index is 1240. The second-order valence-electron chi connectivity index (χ2n) is 8.03. The molecule has 0 radical (unpaired) electrons. The van der Waals surface area contributed by atoms with Gasteiger partial charge in [0.05, 0.1) is 16.6 Å². The molecule has 0 bridgehead atoms. The number of aromatic nitrogens is 3. The van der Waals surface area contributed by atoms with Crippen LogP contribution in [-0.4, -0.2) is 20.7 Å². The Balaban J connectivity index is 1.35. The number of nitrogens with zero attached hydrogens (tertiary/aromatic N) is 3. The van der Waals surface area contributed by atoms with Gasteiger partial charge in [0.15, 0.2) is 5.65 Å². The van der Waals surface area contributed by atoms with Crippen molar-refractivity contribution < 1.29 is 9.53 Å². The number of benzene rings is 2. The van der Waals surface area contributed by atoms with E-state index in [0.29, 0.717) is 18.1 Å². The summed E-state index contributed by atoms with van der Waals surface area (Å²) in [6, 6.07) is 19.4. The number of fused-ring (bicyclic) bond motifs is 1. The molecule has 0 saturated heterocycles. The van der Waals surface area contributed by atoms with Crippen molar-refractivity contribution >= 4 is 22.6 Å². The molecule has 0 atom stereocenters. The van der Waals surface area contributed by atoms with Crippen molar-refractivity contribution in [2.75, 3.05) is 5.32 Å². The van der Waals surface area contributed by atoms with E-state index in [2.05, 4.69) is 10.4 Å². The minimum absolute atomic E-state index is 0.150. The Morgan fingerprint density at radius 2 is 1.87 bits per heavy atom. The maximum Gasteiger partial charge on any atom is 0.256 e. The van der Waals surface area contributed by atoms with Crippen LogP contribution in [0.3, 0.4) is 0 Å². The van der Waals surface area contributed by atoms with Crippen molar-refractivity contribution in [1.29, 1.82) is 0 Å². The third-order valence-corrected chi connectivity index (χ3v) is 5.59. The minimum atomic E-state index is -0.150. The fourth-order valence-corrected chi connectivity index (χ4v) is 3.81. The molecular weight excluding hydrogens is 388 g/mol. The van der Waals surface area contributed by atoms with E-state index in [1.807, 2.05) is 74.6 Å². The fraction of sp³-hybridized carbons (Fsp3) is 0.240. The van der Waals surface area contributed by atoms with Gasteiger partial charge in [-0.3, -0.25) is 9.48 Å². The van der Waals surface area contributed by atoms with Gasteiger partial charge in [0.1, 0.15) is 12.4 Å². The topological polar surface area (TPSA) is 69.0 Å². The van der Waals surface area contributed by atoms with Crippen LogP contribution >= 0.6 is 0 Å². The van der Waals surface area contributed by atoms with Crippen molar-refractivity contribution in [2.45, 2.75) is 32.3 Å². The van der Waals surface area contributed by atoms with Crippen LogP contribution in [0.5, 0.6) is 5.75 Å². The van der Waals surface area contributed by atoms with E-state index in [0.717, 1.165) is 52.3 Å². The van der Waals surface area contributed by atoms with E-state index in [4.69, 9.17) is 9.72 Å². The predicted molar refractivity (Wildman–Crippen MR) is 120 cm³/mol. The Morgan fingerprint density at radius 3 is 2.58 bits per heavy atom. The lowest BCUT2D eigenvalue weighted by atomic mass is 10.1. The molecule has 0 spiro atoms. The first-order valence-corrected chi connectivity index (χ1v) is 10.5. The molecule has 6 nitrogen and oxygen atoms in total. The lowest BCUT2D eigenvalue weighted by Gasteiger charge is -2.10. The SMILES string of the molecule is Cc1nn(C)c2nc(C3CC3)cc(C(=O)Nc3ccc(OCc4ccccc4)cc3)c12. The largest absolute Gasteiger partial charge is 0.489 e. The standard InChI is InChI=1S/C25H24N4O2/c1-16-23-21(14-22(18-8-9-18)27-24(23)29(2)28-16)25(30)26-19-10-12-20(13-11-19)31-15-17-6-4-3-5-7-17/h3-7,10-14,18H,8-9,15H2,1-2H3,(H,26,30). The monoisotopic (exact) mass is 412 g/mol. The highest BCUT2D eigenvalue weighted by Gasteiger charge is 2.28. The summed E-state index contributed by atoms with van der Waals surface area (Å²) >= 11 is 0. The molecule has 1 aliphatic carbocycles. The third-order valence-electron chi connectivity index (χ3n) is 5.59. The number of hydrogen-bond acceptors (Lipinski definition) is 4. The van der Waals surface area contributed by atoms with Crippen molar-refractivity contribution in [2.24, 2.45) is 7.05 Å². The average molecular weight is 412 g/mol. The molecule has 2 aromatic heterocycles. The minimum Gasteiger partial charge on any atom is -0.489 e. The van der Waals surface area contributed by atoms with Crippen molar-refractivity contribution in [1.82, 2.24) is 14.8 Å². The molecule has 31 heavy (non-hydrogen) atoms. The second kappa shape index (κ2) is 7.87. The molecule has 0 unspecified atom stereocenters. The van der Waals surface area contributed by atoms with Crippen LogP contribution in [0.2, 0.25) is 0 Å². The predicted octanol–water partition coefficient (Wildman–Crippen LogP) is 4.99. The van der Waals surface area contributed by atoms with E-state index in [9.17, 15) is 4.79 Å². The van der Waals surface area contributed by atoms with Crippen molar-refractivity contribution in [3.8, 4) is 5.75 Å². The highest BCUT2D eigenvalue weighted by Crippen LogP contribution is 2.40. The van der Waals surface area contributed by atoms with E-state index < -0.39 is 0 Å². The van der Waals surface area contributed by atoms with Gasteiger partial charge in [-0.15, -0.1) is 0 Å². The number of carbonyl (C=O) groups is 1. The Labute approximate surface area is 180 Å². The number of anilines is 1.